The van der Waals surface area contributed by atoms with Gasteiger partial charge in [-0.05, 0) is 32.2 Å². The summed E-state index contributed by atoms with van der Waals surface area (Å²) in [7, 11) is 0. The van der Waals surface area contributed by atoms with Crippen molar-refractivity contribution >= 4 is 11.8 Å². The van der Waals surface area contributed by atoms with Crippen LogP contribution in [0, 0.1) is 17.2 Å². The van der Waals surface area contributed by atoms with Crippen LogP contribution in [0.3, 0.4) is 0 Å². The molecule has 0 spiro atoms. The number of nitrogens with one attached hydrogen (secondary N) is 1. The highest BCUT2D eigenvalue weighted by Crippen LogP contribution is 2.33. The maximum atomic E-state index is 9.17. The Morgan fingerprint density at radius 2 is 2.25 bits per heavy atom. The zero-order valence-corrected chi connectivity index (χ0v) is 11.6. The number of rotatable bonds is 5. The summed E-state index contributed by atoms with van der Waals surface area (Å²) < 4.78 is 0. The molecule has 0 bridgehead atoms. The van der Waals surface area contributed by atoms with Crippen molar-refractivity contribution in [3.63, 3.8) is 0 Å². The lowest BCUT2D eigenvalue weighted by Gasteiger charge is -2.29. The Hall–Kier alpha value is -0.200. The van der Waals surface area contributed by atoms with E-state index in [-0.39, 0.29) is 5.54 Å². The van der Waals surface area contributed by atoms with Gasteiger partial charge in [-0.25, -0.2) is 0 Å². The summed E-state index contributed by atoms with van der Waals surface area (Å²) in [5.41, 5.74) is -0.347. The van der Waals surface area contributed by atoms with Gasteiger partial charge in [-0.1, -0.05) is 26.7 Å². The Kier molecular flexibility index (Phi) is 5.64. The summed E-state index contributed by atoms with van der Waals surface area (Å²) in [5.74, 6) is 1.79. The van der Waals surface area contributed by atoms with Gasteiger partial charge in [0.15, 0.2) is 0 Å². The fraction of sp³-hybridized carbons (Fsp3) is 0.923. The number of nitrogens with zero attached hydrogens (tertiary/aromatic N) is 1. The Labute approximate surface area is 104 Å². The average Bonchev–Trinajstić information content (AvgIpc) is 2.27. The molecule has 1 rings (SSSR count). The number of hydrogen-bond donors (Lipinski definition) is 1. The van der Waals surface area contributed by atoms with Crippen LogP contribution in [0.15, 0.2) is 0 Å². The van der Waals surface area contributed by atoms with Crippen molar-refractivity contribution in [3.05, 3.63) is 0 Å². The molecule has 0 saturated heterocycles. The third-order valence-electron chi connectivity index (χ3n) is 3.31. The van der Waals surface area contributed by atoms with E-state index in [2.05, 4.69) is 25.2 Å². The minimum atomic E-state index is -0.347. The molecular weight excluding hydrogens is 216 g/mol. The summed E-state index contributed by atoms with van der Waals surface area (Å²) in [5, 5.41) is 13.2. The smallest absolute Gasteiger partial charge is 0.113 e. The van der Waals surface area contributed by atoms with Gasteiger partial charge < -0.3 is 0 Å². The quantitative estimate of drug-likeness (QED) is 0.801. The van der Waals surface area contributed by atoms with Crippen LogP contribution in [0.25, 0.3) is 0 Å². The summed E-state index contributed by atoms with van der Waals surface area (Å²) >= 11 is 1.99. The van der Waals surface area contributed by atoms with E-state index in [4.69, 9.17) is 0 Å². The maximum Gasteiger partial charge on any atom is 0.113 e. The van der Waals surface area contributed by atoms with Crippen molar-refractivity contribution in [2.45, 2.75) is 57.2 Å². The third-order valence-corrected chi connectivity index (χ3v) is 4.95. The predicted molar refractivity (Wildman–Crippen MR) is 71.6 cm³/mol. The molecule has 1 N–H and O–H groups in total. The first-order valence-corrected chi connectivity index (χ1v) is 7.42. The van der Waals surface area contributed by atoms with Crippen molar-refractivity contribution in [3.8, 4) is 6.07 Å². The molecular formula is C13H24N2S. The first-order valence-electron chi connectivity index (χ1n) is 6.37. The van der Waals surface area contributed by atoms with Gasteiger partial charge >= 0.3 is 0 Å². The van der Waals surface area contributed by atoms with Crippen molar-refractivity contribution in [2.75, 3.05) is 12.3 Å². The fourth-order valence-electron chi connectivity index (χ4n) is 2.33. The molecule has 0 heterocycles. The fourth-order valence-corrected chi connectivity index (χ4v) is 3.86. The van der Waals surface area contributed by atoms with Crippen molar-refractivity contribution < 1.29 is 0 Å². The first kappa shape index (κ1) is 13.9. The second kappa shape index (κ2) is 6.51. The highest BCUT2D eigenvalue weighted by atomic mass is 32.2. The van der Waals surface area contributed by atoms with Crippen LogP contribution in [-0.2, 0) is 0 Å². The van der Waals surface area contributed by atoms with E-state index in [0.29, 0.717) is 0 Å². The van der Waals surface area contributed by atoms with Gasteiger partial charge in [0.05, 0.1) is 6.07 Å². The van der Waals surface area contributed by atoms with E-state index in [1.54, 1.807) is 0 Å². The summed E-state index contributed by atoms with van der Waals surface area (Å²) in [6.07, 6.45) is 5.42. The highest BCUT2D eigenvalue weighted by Gasteiger charge is 2.26. The van der Waals surface area contributed by atoms with Gasteiger partial charge in [0.25, 0.3) is 0 Å². The molecule has 0 aliphatic heterocycles. The third kappa shape index (κ3) is 4.35. The molecule has 1 aliphatic carbocycles. The molecule has 2 nitrogen and oxygen atoms in total. The SMILES string of the molecule is CCNC(C)(C#N)CSC1CCCC(C)C1. The first-order chi connectivity index (χ1) is 7.59. The summed E-state index contributed by atoms with van der Waals surface area (Å²) in [6, 6.07) is 2.40. The highest BCUT2D eigenvalue weighted by molar-refractivity contribution is 8.00. The van der Waals surface area contributed by atoms with E-state index >= 15 is 0 Å². The molecule has 0 aromatic heterocycles. The molecule has 0 aromatic carbocycles. The molecule has 0 radical (unpaired) electrons. The minimum Gasteiger partial charge on any atom is -0.299 e. The Bertz CT molecular complexity index is 249. The van der Waals surface area contributed by atoms with Gasteiger partial charge in [0.1, 0.15) is 5.54 Å². The number of thioether (sulfide) groups is 1. The largest absolute Gasteiger partial charge is 0.299 e. The second-order valence-electron chi connectivity index (χ2n) is 5.18. The van der Waals surface area contributed by atoms with Gasteiger partial charge in [0.2, 0.25) is 0 Å². The van der Waals surface area contributed by atoms with Gasteiger partial charge in [-0.3, -0.25) is 5.32 Å². The van der Waals surface area contributed by atoms with Crippen LogP contribution in [0.5, 0.6) is 0 Å². The number of hydrogen-bond acceptors (Lipinski definition) is 3. The van der Waals surface area contributed by atoms with Gasteiger partial charge in [-0.15, -0.1) is 0 Å². The van der Waals surface area contributed by atoms with E-state index in [1.807, 2.05) is 18.7 Å². The zero-order valence-electron chi connectivity index (χ0n) is 10.8. The van der Waals surface area contributed by atoms with Crippen LogP contribution >= 0.6 is 11.8 Å². The average molecular weight is 240 g/mol. The lowest BCUT2D eigenvalue weighted by molar-refractivity contribution is 0.393. The summed E-state index contributed by atoms with van der Waals surface area (Å²) in [4.78, 5) is 0. The monoisotopic (exact) mass is 240 g/mol. The molecule has 3 atom stereocenters. The van der Waals surface area contributed by atoms with Crippen LogP contribution in [0.2, 0.25) is 0 Å². The molecule has 1 fully saturated rings. The standard InChI is InChI=1S/C13H24N2S/c1-4-15-13(3,9-14)10-16-12-7-5-6-11(2)8-12/h11-12,15H,4-8,10H2,1-3H3. The van der Waals surface area contributed by atoms with Crippen LogP contribution < -0.4 is 5.32 Å². The molecule has 0 aromatic rings. The van der Waals surface area contributed by atoms with Crippen LogP contribution in [0.1, 0.15) is 46.5 Å². The van der Waals surface area contributed by atoms with E-state index < -0.39 is 0 Å². The van der Waals surface area contributed by atoms with E-state index in [9.17, 15) is 5.26 Å². The molecule has 1 aliphatic rings. The molecule has 16 heavy (non-hydrogen) atoms. The second-order valence-corrected chi connectivity index (χ2v) is 6.47. The molecule has 3 unspecified atom stereocenters. The van der Waals surface area contributed by atoms with Gasteiger partial charge in [0, 0.05) is 11.0 Å². The predicted octanol–water partition coefficient (Wildman–Crippen LogP) is 3.19. The van der Waals surface area contributed by atoms with E-state index in [1.165, 1.54) is 25.7 Å². The summed E-state index contributed by atoms with van der Waals surface area (Å²) in [6.45, 7) is 7.28. The lowest BCUT2D eigenvalue weighted by Crippen LogP contribution is -2.43. The molecule has 3 heteroatoms. The maximum absolute atomic E-state index is 9.17. The van der Waals surface area contributed by atoms with Crippen LogP contribution in [0.4, 0.5) is 0 Å². The Morgan fingerprint density at radius 1 is 1.50 bits per heavy atom. The topological polar surface area (TPSA) is 35.8 Å². The van der Waals surface area contributed by atoms with E-state index in [0.717, 1.165) is 23.5 Å². The lowest BCUT2D eigenvalue weighted by atomic mass is 9.91. The van der Waals surface area contributed by atoms with Crippen molar-refractivity contribution in [1.29, 1.82) is 5.26 Å². The minimum absolute atomic E-state index is 0.347. The van der Waals surface area contributed by atoms with Crippen molar-refractivity contribution in [1.82, 2.24) is 5.32 Å². The molecule has 1 saturated carbocycles. The Morgan fingerprint density at radius 3 is 2.81 bits per heavy atom. The normalized spacial score (nSPS) is 29.4. The van der Waals surface area contributed by atoms with Crippen molar-refractivity contribution in [2.24, 2.45) is 5.92 Å². The Balaban J connectivity index is 2.34. The zero-order chi connectivity index (χ0) is 12.0. The molecule has 0 amide bonds. The molecule has 92 valence electrons. The number of nitriles is 1. The van der Waals surface area contributed by atoms with Gasteiger partial charge in [-0.2, -0.15) is 17.0 Å². The van der Waals surface area contributed by atoms with Crippen LogP contribution in [-0.4, -0.2) is 23.1 Å².